The number of carbonyl (C=O) groups excluding carboxylic acids is 1. The molecule has 0 unspecified atom stereocenters. The standard InChI is InChI=1S/C25H21N3O3/c29-25(23-15-24(27-18-26-23)31-17-20-9-5-2-6-10-20)28-21-11-13-22(14-12-21)30-16-19-7-3-1-4-8-19/h1-15,18H,16-17H2,(H,28,29). The number of rotatable bonds is 8. The van der Waals surface area contributed by atoms with Gasteiger partial charge in [0.1, 0.15) is 31.0 Å². The molecule has 154 valence electrons. The Kier molecular flexibility index (Phi) is 6.50. The smallest absolute Gasteiger partial charge is 0.274 e. The molecule has 0 saturated heterocycles. The van der Waals surface area contributed by atoms with Crippen molar-refractivity contribution < 1.29 is 14.3 Å². The minimum Gasteiger partial charge on any atom is -0.489 e. The fourth-order valence-corrected chi connectivity index (χ4v) is 2.84. The highest BCUT2D eigenvalue weighted by atomic mass is 16.5. The van der Waals surface area contributed by atoms with Gasteiger partial charge in [0.15, 0.2) is 0 Å². The molecular formula is C25H21N3O3. The lowest BCUT2D eigenvalue weighted by molar-refractivity contribution is 0.102. The molecule has 1 aromatic heterocycles. The number of nitrogens with one attached hydrogen (secondary N) is 1. The molecule has 1 N–H and O–H groups in total. The van der Waals surface area contributed by atoms with E-state index < -0.39 is 0 Å². The van der Waals surface area contributed by atoms with E-state index in [-0.39, 0.29) is 11.6 Å². The van der Waals surface area contributed by atoms with Gasteiger partial charge in [-0.1, -0.05) is 60.7 Å². The molecular weight excluding hydrogens is 390 g/mol. The van der Waals surface area contributed by atoms with Crippen LogP contribution < -0.4 is 14.8 Å². The van der Waals surface area contributed by atoms with Crippen molar-refractivity contribution in [3.63, 3.8) is 0 Å². The molecule has 0 radical (unpaired) electrons. The summed E-state index contributed by atoms with van der Waals surface area (Å²) >= 11 is 0. The molecule has 4 aromatic rings. The first-order valence-corrected chi connectivity index (χ1v) is 9.83. The topological polar surface area (TPSA) is 73.3 Å². The number of hydrogen-bond acceptors (Lipinski definition) is 5. The molecule has 0 aliphatic rings. The van der Waals surface area contributed by atoms with E-state index in [2.05, 4.69) is 15.3 Å². The summed E-state index contributed by atoms with van der Waals surface area (Å²) in [6.45, 7) is 0.850. The lowest BCUT2D eigenvalue weighted by atomic mass is 10.2. The largest absolute Gasteiger partial charge is 0.489 e. The van der Waals surface area contributed by atoms with Crippen molar-refractivity contribution in [3.05, 3.63) is 114 Å². The maximum Gasteiger partial charge on any atom is 0.274 e. The van der Waals surface area contributed by atoms with Crippen molar-refractivity contribution in [1.82, 2.24) is 9.97 Å². The number of benzene rings is 3. The van der Waals surface area contributed by atoms with Gasteiger partial charge in [0.25, 0.3) is 5.91 Å². The summed E-state index contributed by atoms with van der Waals surface area (Å²) in [5.74, 6) is 0.721. The Bertz CT molecular complexity index is 1120. The normalized spacial score (nSPS) is 10.3. The van der Waals surface area contributed by atoms with E-state index in [4.69, 9.17) is 9.47 Å². The van der Waals surface area contributed by atoms with Crippen molar-refractivity contribution in [2.75, 3.05) is 5.32 Å². The molecule has 1 heterocycles. The van der Waals surface area contributed by atoms with E-state index in [1.165, 1.54) is 12.4 Å². The first-order valence-electron chi connectivity index (χ1n) is 9.83. The summed E-state index contributed by atoms with van der Waals surface area (Å²) in [5.41, 5.74) is 2.97. The molecule has 6 heteroatoms. The number of anilines is 1. The highest BCUT2D eigenvalue weighted by Crippen LogP contribution is 2.18. The lowest BCUT2D eigenvalue weighted by Gasteiger charge is -2.09. The molecule has 0 fully saturated rings. The Labute approximate surface area is 180 Å². The van der Waals surface area contributed by atoms with Crippen LogP contribution in [0.25, 0.3) is 0 Å². The van der Waals surface area contributed by atoms with Gasteiger partial charge in [-0.2, -0.15) is 0 Å². The van der Waals surface area contributed by atoms with Crippen molar-refractivity contribution in [2.45, 2.75) is 13.2 Å². The number of carbonyl (C=O) groups is 1. The Balaban J connectivity index is 1.32. The van der Waals surface area contributed by atoms with Crippen LogP contribution in [0.15, 0.2) is 97.3 Å². The van der Waals surface area contributed by atoms with E-state index in [0.29, 0.717) is 24.8 Å². The third-order valence-corrected chi connectivity index (χ3v) is 4.46. The summed E-state index contributed by atoms with van der Waals surface area (Å²) in [7, 11) is 0. The zero-order chi connectivity index (χ0) is 21.3. The number of amides is 1. The van der Waals surface area contributed by atoms with Crippen molar-refractivity contribution in [1.29, 1.82) is 0 Å². The predicted octanol–water partition coefficient (Wildman–Crippen LogP) is 4.89. The Morgan fingerprint density at radius 1 is 0.742 bits per heavy atom. The maximum absolute atomic E-state index is 12.5. The lowest BCUT2D eigenvalue weighted by Crippen LogP contribution is -2.14. The quantitative estimate of drug-likeness (QED) is 0.447. The van der Waals surface area contributed by atoms with Crippen LogP contribution in [0.4, 0.5) is 5.69 Å². The monoisotopic (exact) mass is 411 g/mol. The van der Waals surface area contributed by atoms with Gasteiger partial charge < -0.3 is 14.8 Å². The average Bonchev–Trinajstić information content (AvgIpc) is 2.84. The molecule has 0 aliphatic heterocycles. The van der Waals surface area contributed by atoms with Crippen molar-refractivity contribution in [3.8, 4) is 11.6 Å². The first kappa shape index (κ1) is 20.1. The van der Waals surface area contributed by atoms with E-state index in [1.54, 1.807) is 12.1 Å². The fourth-order valence-electron chi connectivity index (χ4n) is 2.84. The predicted molar refractivity (Wildman–Crippen MR) is 118 cm³/mol. The number of nitrogens with zero attached hydrogens (tertiary/aromatic N) is 2. The molecule has 3 aromatic carbocycles. The first-order chi connectivity index (χ1) is 15.3. The van der Waals surface area contributed by atoms with Crippen LogP contribution in [0.1, 0.15) is 21.6 Å². The molecule has 0 saturated carbocycles. The number of ether oxygens (including phenoxy) is 2. The zero-order valence-electron chi connectivity index (χ0n) is 16.8. The van der Waals surface area contributed by atoms with Gasteiger partial charge in [-0.05, 0) is 35.4 Å². The average molecular weight is 411 g/mol. The van der Waals surface area contributed by atoms with E-state index in [9.17, 15) is 4.79 Å². The molecule has 0 aliphatic carbocycles. The van der Waals surface area contributed by atoms with Crippen LogP contribution in [0.3, 0.4) is 0 Å². The minimum atomic E-state index is -0.343. The van der Waals surface area contributed by atoms with Gasteiger partial charge in [-0.25, -0.2) is 9.97 Å². The number of hydrogen-bond donors (Lipinski definition) is 1. The number of aromatic nitrogens is 2. The van der Waals surface area contributed by atoms with Crippen LogP contribution in [0, 0.1) is 0 Å². The highest BCUT2D eigenvalue weighted by molar-refractivity contribution is 6.02. The molecule has 1 amide bonds. The van der Waals surface area contributed by atoms with Crippen LogP contribution in [0.5, 0.6) is 11.6 Å². The van der Waals surface area contributed by atoms with Gasteiger partial charge in [-0.15, -0.1) is 0 Å². The van der Waals surface area contributed by atoms with Gasteiger partial charge in [0.2, 0.25) is 5.88 Å². The summed E-state index contributed by atoms with van der Waals surface area (Å²) in [6, 6.07) is 28.4. The zero-order valence-corrected chi connectivity index (χ0v) is 16.8. The highest BCUT2D eigenvalue weighted by Gasteiger charge is 2.10. The SMILES string of the molecule is O=C(Nc1ccc(OCc2ccccc2)cc1)c1cc(OCc2ccccc2)ncn1. The Hall–Kier alpha value is -4.19. The van der Waals surface area contributed by atoms with Gasteiger partial charge >= 0.3 is 0 Å². The summed E-state index contributed by atoms with van der Waals surface area (Å²) < 4.78 is 11.4. The minimum absolute atomic E-state index is 0.225. The third-order valence-electron chi connectivity index (χ3n) is 4.46. The van der Waals surface area contributed by atoms with Crippen LogP contribution in [0.2, 0.25) is 0 Å². The van der Waals surface area contributed by atoms with E-state index in [1.807, 2.05) is 72.8 Å². The molecule has 0 bridgehead atoms. The molecule has 6 nitrogen and oxygen atoms in total. The summed E-state index contributed by atoms with van der Waals surface area (Å²) in [5, 5.41) is 2.82. The molecule has 0 atom stereocenters. The Morgan fingerprint density at radius 3 is 2.00 bits per heavy atom. The second kappa shape index (κ2) is 10.0. The van der Waals surface area contributed by atoms with Gasteiger partial charge in [-0.3, -0.25) is 4.79 Å². The van der Waals surface area contributed by atoms with Crippen molar-refractivity contribution in [2.24, 2.45) is 0 Å². The van der Waals surface area contributed by atoms with Crippen LogP contribution in [-0.2, 0) is 13.2 Å². The second-order valence-electron chi connectivity index (χ2n) is 6.77. The van der Waals surface area contributed by atoms with E-state index >= 15 is 0 Å². The molecule has 4 rings (SSSR count). The fraction of sp³-hybridized carbons (Fsp3) is 0.0800. The second-order valence-corrected chi connectivity index (χ2v) is 6.77. The van der Waals surface area contributed by atoms with E-state index in [0.717, 1.165) is 16.9 Å². The molecule has 0 spiro atoms. The summed E-state index contributed by atoms with van der Waals surface area (Å²) in [6.07, 6.45) is 1.32. The van der Waals surface area contributed by atoms with Crippen LogP contribution >= 0.6 is 0 Å². The van der Waals surface area contributed by atoms with Crippen LogP contribution in [-0.4, -0.2) is 15.9 Å². The molecule has 31 heavy (non-hydrogen) atoms. The van der Waals surface area contributed by atoms with Gasteiger partial charge in [0, 0.05) is 11.8 Å². The summed E-state index contributed by atoms with van der Waals surface area (Å²) in [4.78, 5) is 20.7. The van der Waals surface area contributed by atoms with Crippen molar-refractivity contribution >= 4 is 11.6 Å². The van der Waals surface area contributed by atoms with Gasteiger partial charge in [0.05, 0.1) is 0 Å². The Morgan fingerprint density at radius 2 is 1.35 bits per heavy atom. The maximum atomic E-state index is 12.5. The third kappa shape index (κ3) is 5.90.